The van der Waals surface area contributed by atoms with Gasteiger partial charge in [0.25, 0.3) is 0 Å². The predicted octanol–water partition coefficient (Wildman–Crippen LogP) is 6.17. The van der Waals surface area contributed by atoms with Crippen LogP contribution in [0.15, 0.2) is 82.8 Å². The number of hydrogen-bond acceptors (Lipinski definition) is 18. The molecule has 4 rings (SSSR count). The molecule has 4 aromatic rings. The Labute approximate surface area is 412 Å². The van der Waals surface area contributed by atoms with Crippen LogP contribution in [0.2, 0.25) is 0 Å². The molecule has 0 aromatic heterocycles. The zero-order valence-corrected chi connectivity index (χ0v) is 41.1. The third-order valence-corrected chi connectivity index (χ3v) is 9.93. The molecule has 0 bridgehead atoms. The molecule has 0 saturated heterocycles. The van der Waals surface area contributed by atoms with Crippen molar-refractivity contribution in [2.75, 3.05) is 174 Å². The van der Waals surface area contributed by atoms with Gasteiger partial charge in [-0.2, -0.15) is 0 Å². The summed E-state index contributed by atoms with van der Waals surface area (Å²) in [6, 6.07) is 22.4. The average Bonchev–Trinajstić information content (AvgIpc) is 3.38. The normalized spacial score (nSPS) is 11.5. The first kappa shape index (κ1) is 57.2. The van der Waals surface area contributed by atoms with E-state index in [1.165, 1.54) is 14.2 Å². The van der Waals surface area contributed by atoms with Crippen molar-refractivity contribution in [3.63, 3.8) is 0 Å². The summed E-state index contributed by atoms with van der Waals surface area (Å²) in [4.78, 5) is 9.08. The van der Waals surface area contributed by atoms with Crippen LogP contribution < -0.4 is 18.9 Å². The number of nitrogens with zero attached hydrogens (tertiary/aromatic N) is 2. The van der Waals surface area contributed by atoms with Gasteiger partial charge in [0, 0.05) is 48.9 Å². The van der Waals surface area contributed by atoms with Crippen LogP contribution in [-0.2, 0) is 47.4 Å². The third-order valence-electron chi connectivity index (χ3n) is 9.93. The van der Waals surface area contributed by atoms with E-state index in [2.05, 4.69) is 9.98 Å². The minimum absolute atomic E-state index is 0.0454. The van der Waals surface area contributed by atoms with Gasteiger partial charge in [-0.15, -0.1) is 0 Å². The first-order valence-corrected chi connectivity index (χ1v) is 23.4. The molecular weight excluding hydrogens is 909 g/mol. The van der Waals surface area contributed by atoms with E-state index < -0.39 is 0 Å². The van der Waals surface area contributed by atoms with E-state index in [0.717, 1.165) is 22.3 Å². The quantitative estimate of drug-likeness (QED) is 0.0378. The molecular formula is C52H72N2O16. The van der Waals surface area contributed by atoms with Crippen molar-refractivity contribution in [2.45, 2.75) is 0 Å². The van der Waals surface area contributed by atoms with Gasteiger partial charge in [-0.05, 0) is 47.5 Å². The lowest BCUT2D eigenvalue weighted by Crippen LogP contribution is -2.14. The molecule has 0 aliphatic heterocycles. The van der Waals surface area contributed by atoms with Crippen LogP contribution >= 0.6 is 0 Å². The fourth-order valence-corrected chi connectivity index (χ4v) is 6.41. The van der Waals surface area contributed by atoms with Crippen LogP contribution in [0.1, 0.15) is 11.1 Å². The predicted molar refractivity (Wildman–Crippen MR) is 266 cm³/mol. The van der Waals surface area contributed by atoms with Crippen molar-refractivity contribution in [3.8, 4) is 56.8 Å². The van der Waals surface area contributed by atoms with Crippen LogP contribution in [0.3, 0.4) is 0 Å². The lowest BCUT2D eigenvalue weighted by molar-refractivity contribution is -0.00977. The first-order chi connectivity index (χ1) is 34.5. The van der Waals surface area contributed by atoms with Crippen LogP contribution in [0.5, 0.6) is 34.5 Å². The Morgan fingerprint density at radius 2 is 0.671 bits per heavy atom. The molecule has 0 fully saturated rings. The summed E-state index contributed by atoms with van der Waals surface area (Å²) in [5.74, 6) is 1.78. The van der Waals surface area contributed by atoms with E-state index in [-0.39, 0.29) is 23.0 Å². The second-order valence-corrected chi connectivity index (χ2v) is 14.9. The number of ether oxygens (including phenoxy) is 14. The second kappa shape index (κ2) is 36.5. The molecule has 0 aliphatic carbocycles. The van der Waals surface area contributed by atoms with Crippen molar-refractivity contribution in [1.29, 1.82) is 0 Å². The summed E-state index contributed by atoms with van der Waals surface area (Å²) in [6.45, 7) is 9.88. The van der Waals surface area contributed by atoms with Gasteiger partial charge in [0.2, 0.25) is 0 Å². The highest BCUT2D eigenvalue weighted by Crippen LogP contribution is 2.39. The van der Waals surface area contributed by atoms with Gasteiger partial charge in [-0.1, -0.05) is 36.4 Å². The van der Waals surface area contributed by atoms with E-state index in [9.17, 15) is 10.2 Å². The lowest BCUT2D eigenvalue weighted by atomic mass is 10.0. The van der Waals surface area contributed by atoms with Crippen molar-refractivity contribution in [3.05, 3.63) is 83.9 Å². The Bertz CT molecular complexity index is 1920. The van der Waals surface area contributed by atoms with E-state index in [4.69, 9.17) is 66.3 Å². The van der Waals surface area contributed by atoms with Crippen LogP contribution in [0, 0.1) is 0 Å². The number of aromatic hydroxyl groups is 2. The largest absolute Gasteiger partial charge is 0.504 e. The Balaban J connectivity index is 1.23. The molecule has 18 nitrogen and oxygen atoms in total. The molecule has 0 heterocycles. The smallest absolute Gasteiger partial charge is 0.166 e. The van der Waals surface area contributed by atoms with Gasteiger partial charge >= 0.3 is 0 Å². The average molecular weight is 981 g/mol. The molecule has 386 valence electrons. The number of rotatable bonds is 41. The molecule has 0 saturated carbocycles. The summed E-state index contributed by atoms with van der Waals surface area (Å²) in [7, 11) is 6.27. The highest BCUT2D eigenvalue weighted by atomic mass is 16.6. The minimum Gasteiger partial charge on any atom is -0.504 e. The number of methoxy groups -OCH3 is 4. The Morgan fingerprint density at radius 1 is 0.371 bits per heavy atom. The van der Waals surface area contributed by atoms with E-state index in [0.29, 0.717) is 168 Å². The number of benzene rings is 4. The van der Waals surface area contributed by atoms with Gasteiger partial charge in [0.15, 0.2) is 23.0 Å². The van der Waals surface area contributed by atoms with Crippen LogP contribution in [-0.4, -0.2) is 196 Å². The van der Waals surface area contributed by atoms with Gasteiger partial charge in [0.05, 0.1) is 146 Å². The van der Waals surface area contributed by atoms with E-state index in [1.807, 2.05) is 60.7 Å². The van der Waals surface area contributed by atoms with Gasteiger partial charge in [-0.3, -0.25) is 9.98 Å². The summed E-state index contributed by atoms with van der Waals surface area (Å²) in [5, 5.41) is 22.0. The molecule has 0 aliphatic rings. The summed E-state index contributed by atoms with van der Waals surface area (Å²) in [6.07, 6.45) is 3.17. The van der Waals surface area contributed by atoms with Crippen molar-refractivity contribution >= 4 is 12.4 Å². The number of para-hydroxylation sites is 2. The molecule has 0 spiro atoms. The van der Waals surface area contributed by atoms with Gasteiger partial charge in [0.1, 0.15) is 24.7 Å². The summed E-state index contributed by atoms with van der Waals surface area (Å²) in [5.41, 5.74) is 4.07. The Hall–Kier alpha value is -5.38. The monoisotopic (exact) mass is 980 g/mol. The van der Waals surface area contributed by atoms with Gasteiger partial charge in [-0.25, -0.2) is 0 Å². The summed E-state index contributed by atoms with van der Waals surface area (Å²) < 4.78 is 77.4. The molecule has 70 heavy (non-hydrogen) atoms. The zero-order valence-electron chi connectivity index (χ0n) is 41.1. The van der Waals surface area contributed by atoms with Crippen molar-refractivity contribution in [2.24, 2.45) is 9.98 Å². The zero-order chi connectivity index (χ0) is 49.7. The topological polar surface area (TPSA) is 194 Å². The number of phenols is 2. The maximum absolute atomic E-state index is 11.0. The van der Waals surface area contributed by atoms with Gasteiger partial charge < -0.3 is 76.5 Å². The standard InChI is InChI=1S/C52H72N2O16/c1-57-15-17-61-19-21-63-23-25-65-27-29-67-31-33-69-47-11-7-5-9-45(47)41-35-43(51(55)49(37-41)59-3)39-53-13-14-54-40-44-36-42(38-50(60-4)52(44)56)46-10-6-8-12-48(46)70-34-32-68-30-28-66-26-24-64-22-20-62-18-16-58-2/h5-12,35-40,55-56H,13-34H2,1-4H3. The lowest BCUT2D eigenvalue weighted by Gasteiger charge is -2.14. The molecule has 0 radical (unpaired) electrons. The van der Waals surface area contributed by atoms with Crippen molar-refractivity contribution < 1.29 is 76.5 Å². The Kier molecular flexibility index (Phi) is 29.9. The SMILES string of the molecule is COCCOCCOCCOCCOCCOc1ccccc1-c1cc(C=NCCN=Cc2cc(-c3ccccc3OCCOCCOCCOCCOCCOC)cc(OC)c2O)c(O)c(OC)c1. The second-order valence-electron chi connectivity index (χ2n) is 14.9. The third kappa shape index (κ3) is 22.1. The maximum Gasteiger partial charge on any atom is 0.166 e. The van der Waals surface area contributed by atoms with Crippen LogP contribution in [0.25, 0.3) is 22.3 Å². The molecule has 0 atom stereocenters. The fourth-order valence-electron chi connectivity index (χ4n) is 6.41. The number of hydrogen-bond donors (Lipinski definition) is 2. The first-order valence-electron chi connectivity index (χ1n) is 23.4. The highest BCUT2D eigenvalue weighted by Gasteiger charge is 2.16. The molecule has 18 heteroatoms. The maximum atomic E-state index is 11.0. The summed E-state index contributed by atoms with van der Waals surface area (Å²) >= 11 is 0. The minimum atomic E-state index is -0.0454. The fraction of sp³-hybridized carbons (Fsp3) is 0.500. The Morgan fingerprint density at radius 3 is 0.986 bits per heavy atom. The number of phenolic OH excluding ortho intramolecular Hbond substituents is 2. The molecule has 0 amide bonds. The molecule has 2 N–H and O–H groups in total. The van der Waals surface area contributed by atoms with Crippen molar-refractivity contribution in [1.82, 2.24) is 0 Å². The molecule has 4 aromatic carbocycles. The highest BCUT2D eigenvalue weighted by molar-refractivity contribution is 5.90. The van der Waals surface area contributed by atoms with Crippen LogP contribution in [0.4, 0.5) is 0 Å². The van der Waals surface area contributed by atoms with E-state index >= 15 is 0 Å². The number of aliphatic imine (C=N–C) groups is 2. The van der Waals surface area contributed by atoms with E-state index in [1.54, 1.807) is 38.8 Å². The molecule has 0 unspecified atom stereocenters.